The van der Waals surface area contributed by atoms with Gasteiger partial charge in [0.1, 0.15) is 20.2 Å². The van der Waals surface area contributed by atoms with Crippen LogP contribution in [0.2, 0.25) is 0 Å². The molecule has 2 aromatic rings. The summed E-state index contributed by atoms with van der Waals surface area (Å²) in [4.78, 5) is -0.361. The molecule has 0 aliphatic rings. The Bertz CT molecular complexity index is 987. The van der Waals surface area contributed by atoms with E-state index in [1.54, 1.807) is 24.3 Å². The van der Waals surface area contributed by atoms with Crippen LogP contribution >= 0.6 is 0 Å². The van der Waals surface area contributed by atoms with E-state index in [-0.39, 0.29) is 47.5 Å². The summed E-state index contributed by atoms with van der Waals surface area (Å²) in [6, 6.07) is 8.71. The molecule has 152 valence electrons. The molecule has 0 aromatic heterocycles. The zero-order valence-corrected chi connectivity index (χ0v) is 20.3. The molecule has 0 atom stereocenters. The molecule has 0 amide bonds. The Balaban J connectivity index is 0.000000523. The molecule has 2 rings (SSSR count). The molecule has 0 radical (unpaired) electrons. The number of hydrogen-bond acceptors (Lipinski definition) is 6. The molecule has 0 bridgehead atoms. The van der Waals surface area contributed by atoms with Crippen molar-refractivity contribution < 1.29 is 25.9 Å². The van der Waals surface area contributed by atoms with E-state index in [1.807, 2.05) is 13.8 Å². The molecular weight excluding hydrogens is 440 g/mol. The average Bonchev–Trinajstić information content (AvgIpc) is 2.58. The Labute approximate surface area is 202 Å². The van der Waals surface area contributed by atoms with Crippen LogP contribution in [0.15, 0.2) is 71.5 Å². The van der Waals surface area contributed by atoms with Gasteiger partial charge in [-0.15, -0.1) is 13.2 Å². The van der Waals surface area contributed by atoms with Gasteiger partial charge in [0, 0.05) is 0 Å². The molecule has 0 spiro atoms. The summed E-state index contributed by atoms with van der Waals surface area (Å²) < 4.78 is 64.3. The monoisotopic (exact) mass is 462 g/mol. The van der Waals surface area contributed by atoms with Gasteiger partial charge in [0.15, 0.2) is 0 Å². The van der Waals surface area contributed by atoms with Crippen LogP contribution in [0.25, 0.3) is 0 Å². The van der Waals surface area contributed by atoms with Crippen LogP contribution in [0, 0.1) is 13.8 Å². The van der Waals surface area contributed by atoms with Crippen molar-refractivity contribution in [1.82, 2.24) is 0 Å². The van der Waals surface area contributed by atoms with Gasteiger partial charge in [-0.25, -0.2) is 16.8 Å². The zero-order valence-electron chi connectivity index (χ0n) is 16.4. The quantitative estimate of drug-likeness (QED) is 0.370. The minimum absolute atomic E-state index is 0. The molecule has 9 heteroatoms. The molecule has 0 saturated heterocycles. The Morgan fingerprint density at radius 3 is 1.31 bits per heavy atom. The molecule has 0 N–H and O–H groups in total. The molecule has 0 aliphatic heterocycles. The van der Waals surface area contributed by atoms with E-state index in [0.717, 1.165) is 22.3 Å². The van der Waals surface area contributed by atoms with E-state index in [1.165, 1.54) is 24.3 Å². The van der Waals surface area contributed by atoms with E-state index in [9.17, 15) is 25.9 Å². The molecule has 0 saturated carbocycles. The third-order valence-corrected chi connectivity index (χ3v) is 5.61. The standard InChI is InChI=1S/2C10H12O3S.Ca/c2*1-3-4-9-7-10(14(11,12)13)6-5-8(9)2;/h2*3,5-7H,1,4H2,2H3,(H,11,12,13);/q;;+2/p-2. The first kappa shape index (κ1) is 28.0. The van der Waals surface area contributed by atoms with Gasteiger partial charge in [0.2, 0.25) is 0 Å². The van der Waals surface area contributed by atoms with Crippen LogP contribution in [-0.4, -0.2) is 63.7 Å². The molecule has 0 unspecified atom stereocenters. The van der Waals surface area contributed by atoms with E-state index >= 15 is 0 Å². The van der Waals surface area contributed by atoms with Crippen molar-refractivity contribution in [2.45, 2.75) is 36.5 Å². The third-order valence-electron chi connectivity index (χ3n) is 3.95. The minimum Gasteiger partial charge on any atom is -0.744 e. The summed E-state index contributed by atoms with van der Waals surface area (Å²) in [7, 11) is -8.69. The fourth-order valence-electron chi connectivity index (χ4n) is 2.36. The minimum atomic E-state index is -4.34. The molecule has 29 heavy (non-hydrogen) atoms. The molecule has 2 aromatic carbocycles. The summed E-state index contributed by atoms with van der Waals surface area (Å²) in [6.07, 6.45) is 4.47. The van der Waals surface area contributed by atoms with Crippen molar-refractivity contribution in [3.05, 3.63) is 84.0 Å². The Morgan fingerprint density at radius 1 is 0.759 bits per heavy atom. The van der Waals surface area contributed by atoms with Gasteiger partial charge in [-0.05, 0) is 73.2 Å². The third kappa shape index (κ3) is 9.13. The number of aryl methyl sites for hydroxylation is 2. The second-order valence-corrected chi connectivity index (χ2v) is 8.83. The first-order valence-corrected chi connectivity index (χ1v) is 11.0. The Kier molecular flexibility index (Phi) is 11.6. The van der Waals surface area contributed by atoms with Crippen molar-refractivity contribution >= 4 is 58.0 Å². The topological polar surface area (TPSA) is 114 Å². The molecule has 0 fully saturated rings. The summed E-state index contributed by atoms with van der Waals surface area (Å²) in [6.45, 7) is 10.8. The van der Waals surface area contributed by atoms with Crippen molar-refractivity contribution in [3.63, 3.8) is 0 Å². The van der Waals surface area contributed by atoms with Crippen molar-refractivity contribution in [2.24, 2.45) is 0 Å². The summed E-state index contributed by atoms with van der Waals surface area (Å²) in [5.74, 6) is 0. The van der Waals surface area contributed by atoms with Gasteiger partial charge in [0.05, 0.1) is 9.79 Å². The van der Waals surface area contributed by atoms with Gasteiger partial charge in [-0.3, -0.25) is 0 Å². The van der Waals surface area contributed by atoms with Crippen LogP contribution in [0.1, 0.15) is 22.3 Å². The van der Waals surface area contributed by atoms with E-state index in [2.05, 4.69) is 13.2 Å². The first-order valence-electron chi connectivity index (χ1n) is 8.22. The first-order chi connectivity index (χ1) is 12.9. The number of hydrogen-bond donors (Lipinski definition) is 0. The largest absolute Gasteiger partial charge is 2.00 e. The Hall–Kier alpha value is -1.00. The van der Waals surface area contributed by atoms with Crippen molar-refractivity contribution in [1.29, 1.82) is 0 Å². The molecular formula is C20H22CaO6S2. The van der Waals surface area contributed by atoms with Crippen LogP contribution in [-0.2, 0) is 33.1 Å². The number of rotatable bonds is 6. The van der Waals surface area contributed by atoms with Gasteiger partial charge in [-0.2, -0.15) is 0 Å². The molecule has 0 aliphatic carbocycles. The van der Waals surface area contributed by atoms with Crippen LogP contribution < -0.4 is 0 Å². The van der Waals surface area contributed by atoms with E-state index in [4.69, 9.17) is 0 Å². The normalized spacial score (nSPS) is 10.9. The summed E-state index contributed by atoms with van der Waals surface area (Å²) in [5.41, 5.74) is 3.54. The second-order valence-electron chi connectivity index (χ2n) is 6.07. The van der Waals surface area contributed by atoms with Crippen LogP contribution in [0.5, 0.6) is 0 Å². The predicted octanol–water partition coefficient (Wildman–Crippen LogP) is 2.87. The smallest absolute Gasteiger partial charge is 0.744 e. The maximum absolute atomic E-state index is 10.7. The van der Waals surface area contributed by atoms with Gasteiger partial charge < -0.3 is 9.11 Å². The van der Waals surface area contributed by atoms with E-state index in [0.29, 0.717) is 12.8 Å². The maximum Gasteiger partial charge on any atom is 2.00 e. The summed E-state index contributed by atoms with van der Waals surface area (Å²) in [5, 5.41) is 0. The SMILES string of the molecule is C=CCc1cc(S(=O)(=O)[O-])ccc1C.C=CCc1cc(S(=O)(=O)[O-])ccc1C.[Ca+2]. The number of allylic oxidation sites excluding steroid dienone is 2. The van der Waals surface area contributed by atoms with Gasteiger partial charge in [0.25, 0.3) is 0 Å². The van der Waals surface area contributed by atoms with Crippen LogP contribution in [0.4, 0.5) is 0 Å². The number of benzene rings is 2. The molecule has 6 nitrogen and oxygen atoms in total. The van der Waals surface area contributed by atoms with E-state index < -0.39 is 20.2 Å². The average molecular weight is 463 g/mol. The van der Waals surface area contributed by atoms with Crippen molar-refractivity contribution in [3.8, 4) is 0 Å². The fraction of sp³-hybridized carbons (Fsp3) is 0.200. The summed E-state index contributed by atoms with van der Waals surface area (Å²) >= 11 is 0. The maximum atomic E-state index is 10.7. The second kappa shape index (κ2) is 12.0. The Morgan fingerprint density at radius 2 is 1.07 bits per heavy atom. The molecule has 0 heterocycles. The fourth-order valence-corrected chi connectivity index (χ4v) is 3.40. The van der Waals surface area contributed by atoms with Gasteiger partial charge >= 0.3 is 37.7 Å². The predicted molar refractivity (Wildman–Crippen MR) is 112 cm³/mol. The van der Waals surface area contributed by atoms with Crippen molar-refractivity contribution in [2.75, 3.05) is 0 Å². The van der Waals surface area contributed by atoms with Crippen LogP contribution in [0.3, 0.4) is 0 Å². The van der Waals surface area contributed by atoms with Gasteiger partial charge in [-0.1, -0.05) is 24.3 Å². The zero-order chi connectivity index (χ0) is 21.5.